The van der Waals surface area contributed by atoms with Gasteiger partial charge in [0.2, 0.25) is 0 Å². The molecule has 1 fully saturated rings. The quantitative estimate of drug-likeness (QED) is 0.775. The maximum atomic E-state index is 12.1. The van der Waals surface area contributed by atoms with E-state index in [0.717, 1.165) is 30.9 Å². The molecule has 1 atom stereocenters. The first-order valence-electron chi connectivity index (χ1n) is 7.16. The highest BCUT2D eigenvalue weighted by Gasteiger charge is 2.25. The molecule has 0 saturated carbocycles. The topological polar surface area (TPSA) is 33.7 Å². The molecule has 1 aromatic rings. The van der Waals surface area contributed by atoms with Crippen LogP contribution in [-0.4, -0.2) is 57.8 Å². The molecule has 1 aromatic carbocycles. The molecule has 1 aliphatic heterocycles. The van der Waals surface area contributed by atoms with Crippen LogP contribution in [-0.2, 0) is 4.74 Å². The van der Waals surface area contributed by atoms with Gasteiger partial charge in [-0.2, -0.15) is 0 Å². The first-order chi connectivity index (χ1) is 10.2. The number of ether oxygens (including phenoxy) is 2. The minimum atomic E-state index is -2.40. The molecule has 0 aromatic heterocycles. The van der Waals surface area contributed by atoms with Crippen molar-refractivity contribution in [1.29, 1.82) is 0 Å². The van der Waals surface area contributed by atoms with Gasteiger partial charge in [0.05, 0.1) is 19.8 Å². The van der Waals surface area contributed by atoms with Crippen LogP contribution in [0.5, 0.6) is 5.75 Å². The van der Waals surface area contributed by atoms with E-state index in [1.807, 2.05) is 24.3 Å². The molecule has 7 heteroatoms. The number of piperazine rings is 1. The molecule has 126 valence electrons. The van der Waals surface area contributed by atoms with Crippen LogP contribution in [0.1, 0.15) is 11.6 Å². The summed E-state index contributed by atoms with van der Waals surface area (Å²) in [5.74, 6) is 0.852. The number of nitrogens with zero attached hydrogens (tertiary/aromatic N) is 1. The fourth-order valence-electron chi connectivity index (χ4n) is 2.62. The van der Waals surface area contributed by atoms with Crippen LogP contribution >= 0.6 is 12.4 Å². The zero-order chi connectivity index (χ0) is 15.1. The van der Waals surface area contributed by atoms with Crippen LogP contribution in [0.15, 0.2) is 24.3 Å². The molecule has 1 unspecified atom stereocenters. The van der Waals surface area contributed by atoms with Crippen LogP contribution in [0.4, 0.5) is 8.78 Å². The molecule has 22 heavy (non-hydrogen) atoms. The average molecular weight is 337 g/mol. The largest absolute Gasteiger partial charge is 0.496 e. The minimum absolute atomic E-state index is 0. The van der Waals surface area contributed by atoms with Gasteiger partial charge in [-0.3, -0.25) is 4.90 Å². The van der Waals surface area contributed by atoms with E-state index in [9.17, 15) is 8.78 Å². The van der Waals surface area contributed by atoms with Gasteiger partial charge in [-0.1, -0.05) is 18.2 Å². The Labute approximate surface area is 136 Å². The highest BCUT2D eigenvalue weighted by Crippen LogP contribution is 2.29. The maximum absolute atomic E-state index is 12.1. The average Bonchev–Trinajstić information content (AvgIpc) is 2.52. The van der Waals surface area contributed by atoms with E-state index in [0.29, 0.717) is 13.2 Å². The van der Waals surface area contributed by atoms with Crippen molar-refractivity contribution in [2.75, 3.05) is 46.5 Å². The van der Waals surface area contributed by atoms with Crippen molar-refractivity contribution >= 4 is 12.4 Å². The van der Waals surface area contributed by atoms with E-state index in [1.54, 1.807) is 7.11 Å². The van der Waals surface area contributed by atoms with E-state index < -0.39 is 13.0 Å². The first kappa shape index (κ1) is 19.1. The van der Waals surface area contributed by atoms with Crippen LogP contribution < -0.4 is 10.1 Å². The number of hydrogen-bond acceptors (Lipinski definition) is 4. The van der Waals surface area contributed by atoms with Crippen molar-refractivity contribution in [3.05, 3.63) is 29.8 Å². The second kappa shape index (κ2) is 9.94. The minimum Gasteiger partial charge on any atom is -0.496 e. The Morgan fingerprint density at radius 1 is 1.36 bits per heavy atom. The van der Waals surface area contributed by atoms with Crippen LogP contribution in [0.3, 0.4) is 0 Å². The smallest absolute Gasteiger partial charge is 0.261 e. The predicted octanol–water partition coefficient (Wildman–Crippen LogP) is 2.35. The molecule has 1 N–H and O–H groups in total. The molecular formula is C15H23ClF2N2O2. The highest BCUT2D eigenvalue weighted by atomic mass is 35.5. The van der Waals surface area contributed by atoms with Gasteiger partial charge in [0, 0.05) is 31.7 Å². The van der Waals surface area contributed by atoms with Crippen molar-refractivity contribution in [2.24, 2.45) is 0 Å². The Hall–Kier alpha value is -0.950. The summed E-state index contributed by atoms with van der Waals surface area (Å²) in [6.45, 7) is 3.02. The zero-order valence-electron chi connectivity index (χ0n) is 12.6. The number of methoxy groups -OCH3 is 1. The molecular weight excluding hydrogens is 314 g/mol. The summed E-state index contributed by atoms with van der Waals surface area (Å²) in [6, 6.07) is 8.08. The Bertz CT molecular complexity index is 438. The summed E-state index contributed by atoms with van der Waals surface area (Å²) in [5, 5.41) is 3.37. The van der Waals surface area contributed by atoms with E-state index in [1.165, 1.54) is 0 Å². The lowest BCUT2D eigenvalue weighted by Gasteiger charge is -2.37. The standard InChI is InChI=1S/C15H22F2N2O2.ClH/c1-20-14-5-3-2-4-12(14)13-10-18-6-7-19(13)8-9-21-11-15(16)17;/h2-5,13,15,18H,6-11H2,1H3;1H. The fourth-order valence-corrected chi connectivity index (χ4v) is 2.62. The van der Waals surface area contributed by atoms with Gasteiger partial charge in [-0.05, 0) is 6.07 Å². The number of rotatable bonds is 7. The number of halogens is 3. The Morgan fingerprint density at radius 3 is 2.86 bits per heavy atom. The van der Waals surface area contributed by atoms with Gasteiger partial charge in [0.15, 0.2) is 0 Å². The third-order valence-electron chi connectivity index (χ3n) is 3.62. The molecule has 0 spiro atoms. The van der Waals surface area contributed by atoms with Crippen molar-refractivity contribution < 1.29 is 18.3 Å². The Balaban J connectivity index is 0.00000242. The molecule has 2 rings (SSSR count). The van der Waals surface area contributed by atoms with Crippen LogP contribution in [0, 0.1) is 0 Å². The second-order valence-corrected chi connectivity index (χ2v) is 4.96. The summed E-state index contributed by atoms with van der Waals surface area (Å²) in [5.41, 5.74) is 1.11. The molecule has 1 aliphatic rings. The summed E-state index contributed by atoms with van der Waals surface area (Å²) < 4.78 is 34.6. The van der Waals surface area contributed by atoms with Gasteiger partial charge >= 0.3 is 0 Å². The predicted molar refractivity (Wildman–Crippen MR) is 84.2 cm³/mol. The van der Waals surface area contributed by atoms with Gasteiger partial charge in [-0.25, -0.2) is 8.78 Å². The first-order valence-corrected chi connectivity index (χ1v) is 7.16. The van der Waals surface area contributed by atoms with E-state index >= 15 is 0 Å². The number of benzene rings is 1. The normalized spacial score (nSPS) is 19.0. The fraction of sp³-hybridized carbons (Fsp3) is 0.600. The third-order valence-corrected chi connectivity index (χ3v) is 3.62. The van der Waals surface area contributed by atoms with E-state index in [2.05, 4.69) is 10.2 Å². The van der Waals surface area contributed by atoms with Crippen molar-refractivity contribution in [3.63, 3.8) is 0 Å². The lowest BCUT2D eigenvalue weighted by Crippen LogP contribution is -2.47. The number of nitrogens with one attached hydrogen (secondary N) is 1. The van der Waals surface area contributed by atoms with Crippen molar-refractivity contribution in [1.82, 2.24) is 10.2 Å². The summed E-state index contributed by atoms with van der Waals surface area (Å²) in [6.07, 6.45) is -2.40. The summed E-state index contributed by atoms with van der Waals surface area (Å²) >= 11 is 0. The second-order valence-electron chi connectivity index (χ2n) is 4.96. The van der Waals surface area contributed by atoms with Gasteiger partial charge < -0.3 is 14.8 Å². The van der Waals surface area contributed by atoms with E-state index in [-0.39, 0.29) is 18.4 Å². The Morgan fingerprint density at radius 2 is 2.14 bits per heavy atom. The Kier molecular flexibility index (Phi) is 8.63. The SMILES string of the molecule is COc1ccccc1C1CNCCN1CCOCC(F)F.Cl. The number of para-hydroxylation sites is 1. The molecule has 0 amide bonds. The van der Waals surface area contributed by atoms with Gasteiger partial charge in [0.1, 0.15) is 12.4 Å². The molecule has 0 aliphatic carbocycles. The molecule has 0 radical (unpaired) electrons. The lowest BCUT2D eigenvalue weighted by molar-refractivity contribution is 0.00358. The monoisotopic (exact) mass is 336 g/mol. The maximum Gasteiger partial charge on any atom is 0.261 e. The highest BCUT2D eigenvalue weighted by molar-refractivity contribution is 5.85. The lowest BCUT2D eigenvalue weighted by atomic mass is 10.0. The third kappa shape index (κ3) is 5.35. The van der Waals surface area contributed by atoms with Crippen LogP contribution in [0.25, 0.3) is 0 Å². The van der Waals surface area contributed by atoms with Crippen molar-refractivity contribution in [2.45, 2.75) is 12.5 Å². The summed E-state index contributed by atoms with van der Waals surface area (Å²) in [4.78, 5) is 2.25. The molecule has 4 nitrogen and oxygen atoms in total. The van der Waals surface area contributed by atoms with E-state index in [4.69, 9.17) is 9.47 Å². The van der Waals surface area contributed by atoms with Crippen molar-refractivity contribution in [3.8, 4) is 5.75 Å². The zero-order valence-corrected chi connectivity index (χ0v) is 13.5. The van der Waals surface area contributed by atoms with Gasteiger partial charge in [0.25, 0.3) is 6.43 Å². The molecule has 0 bridgehead atoms. The van der Waals surface area contributed by atoms with Gasteiger partial charge in [-0.15, -0.1) is 12.4 Å². The number of alkyl halides is 2. The molecule has 1 heterocycles. The number of hydrogen-bond donors (Lipinski definition) is 1. The summed E-state index contributed by atoms with van der Waals surface area (Å²) in [7, 11) is 1.66. The molecule has 1 saturated heterocycles. The van der Waals surface area contributed by atoms with Crippen LogP contribution in [0.2, 0.25) is 0 Å².